The molecule has 0 aliphatic heterocycles. The van der Waals surface area contributed by atoms with Gasteiger partial charge in [-0.3, -0.25) is 0 Å². The van der Waals surface area contributed by atoms with Crippen molar-refractivity contribution in [3.05, 3.63) is 0 Å². The highest BCUT2D eigenvalue weighted by Gasteiger charge is 2.26. The molecule has 2 nitrogen and oxygen atoms in total. The molecular weight excluding hydrogens is 196 g/mol. The van der Waals surface area contributed by atoms with E-state index in [0.29, 0.717) is 6.04 Å². The van der Waals surface area contributed by atoms with Gasteiger partial charge in [-0.25, -0.2) is 0 Å². The Morgan fingerprint density at radius 2 is 1.44 bits per heavy atom. The Kier molecular flexibility index (Phi) is 4.66. The van der Waals surface area contributed by atoms with E-state index in [2.05, 4.69) is 11.8 Å². The van der Waals surface area contributed by atoms with Crippen LogP contribution in [0.4, 0.5) is 0 Å². The number of hydrogen-bond donors (Lipinski definition) is 1. The van der Waals surface area contributed by atoms with Gasteiger partial charge in [-0.2, -0.15) is 0 Å². The van der Waals surface area contributed by atoms with Crippen molar-refractivity contribution in [2.45, 2.75) is 57.9 Å². The first-order chi connectivity index (χ1) is 7.78. The molecule has 0 radical (unpaired) electrons. The number of nitrogens with zero attached hydrogens (tertiary/aromatic N) is 1. The molecule has 0 aromatic heterocycles. The third kappa shape index (κ3) is 4.06. The number of rotatable bonds is 6. The van der Waals surface area contributed by atoms with Crippen LogP contribution >= 0.6 is 0 Å². The molecule has 0 atom stereocenters. The average Bonchev–Trinajstić information content (AvgIpc) is 3.06. The van der Waals surface area contributed by atoms with Crippen LogP contribution in [-0.2, 0) is 0 Å². The molecule has 2 aliphatic carbocycles. The van der Waals surface area contributed by atoms with Crippen LogP contribution in [0.25, 0.3) is 0 Å². The zero-order valence-electron chi connectivity index (χ0n) is 10.8. The van der Waals surface area contributed by atoms with Gasteiger partial charge in [0.15, 0.2) is 0 Å². The molecule has 0 aromatic carbocycles. The van der Waals surface area contributed by atoms with E-state index in [-0.39, 0.29) is 0 Å². The van der Waals surface area contributed by atoms with Crippen molar-refractivity contribution < 1.29 is 0 Å². The Morgan fingerprint density at radius 3 is 1.88 bits per heavy atom. The molecule has 0 heterocycles. The summed E-state index contributed by atoms with van der Waals surface area (Å²) in [6, 6.07) is 0.499. The molecule has 0 aromatic rings. The van der Waals surface area contributed by atoms with Crippen LogP contribution in [0, 0.1) is 11.8 Å². The number of hydrogen-bond acceptors (Lipinski definition) is 2. The maximum absolute atomic E-state index is 5.96. The standard InChI is InChI=1S/C14H28N2/c1-2-9-16(10-12-3-4-12)11-13-5-7-14(15)8-6-13/h12-14H,2-11,15H2,1H3. The fourth-order valence-electron chi connectivity index (χ4n) is 2.97. The summed E-state index contributed by atoms with van der Waals surface area (Å²) in [5, 5.41) is 0. The molecular formula is C14H28N2. The summed E-state index contributed by atoms with van der Waals surface area (Å²) in [5.74, 6) is 1.97. The topological polar surface area (TPSA) is 29.3 Å². The molecule has 2 N–H and O–H groups in total. The highest BCUT2D eigenvalue weighted by Crippen LogP contribution is 2.31. The largest absolute Gasteiger partial charge is 0.328 e. The zero-order chi connectivity index (χ0) is 11.4. The first-order valence-electron chi connectivity index (χ1n) is 7.26. The Labute approximate surface area is 101 Å². The lowest BCUT2D eigenvalue weighted by atomic mass is 9.86. The smallest absolute Gasteiger partial charge is 0.00390 e. The second-order valence-electron chi connectivity index (χ2n) is 5.98. The van der Waals surface area contributed by atoms with Crippen LogP contribution in [0.5, 0.6) is 0 Å². The molecule has 16 heavy (non-hydrogen) atoms. The minimum Gasteiger partial charge on any atom is -0.328 e. The molecule has 2 aliphatic rings. The molecule has 0 spiro atoms. The first kappa shape index (κ1) is 12.4. The van der Waals surface area contributed by atoms with Crippen LogP contribution in [0.15, 0.2) is 0 Å². The Hall–Kier alpha value is -0.0800. The van der Waals surface area contributed by atoms with Gasteiger partial charge in [0.05, 0.1) is 0 Å². The van der Waals surface area contributed by atoms with Gasteiger partial charge >= 0.3 is 0 Å². The summed E-state index contributed by atoms with van der Waals surface area (Å²) in [6.07, 6.45) is 9.52. The van der Waals surface area contributed by atoms with Crippen LogP contribution < -0.4 is 5.73 Å². The maximum atomic E-state index is 5.96. The SMILES string of the molecule is CCCN(CC1CCC(N)CC1)CC1CC1. The van der Waals surface area contributed by atoms with E-state index in [0.717, 1.165) is 11.8 Å². The van der Waals surface area contributed by atoms with Gasteiger partial charge < -0.3 is 10.6 Å². The minimum atomic E-state index is 0.499. The van der Waals surface area contributed by atoms with Crippen LogP contribution in [0.3, 0.4) is 0 Å². The predicted octanol–water partition coefficient (Wildman–Crippen LogP) is 2.63. The quantitative estimate of drug-likeness (QED) is 0.751. The summed E-state index contributed by atoms with van der Waals surface area (Å²) in [6.45, 7) is 6.32. The first-order valence-corrected chi connectivity index (χ1v) is 7.26. The Morgan fingerprint density at radius 1 is 0.938 bits per heavy atom. The lowest BCUT2D eigenvalue weighted by molar-refractivity contribution is 0.188. The fraction of sp³-hybridized carbons (Fsp3) is 1.00. The molecule has 0 saturated heterocycles. The van der Waals surface area contributed by atoms with Gasteiger partial charge in [-0.05, 0) is 63.3 Å². The third-order valence-electron chi connectivity index (χ3n) is 4.16. The van der Waals surface area contributed by atoms with E-state index in [1.165, 1.54) is 64.6 Å². The van der Waals surface area contributed by atoms with Crippen LogP contribution in [0.2, 0.25) is 0 Å². The van der Waals surface area contributed by atoms with E-state index >= 15 is 0 Å². The van der Waals surface area contributed by atoms with Gasteiger partial charge in [-0.15, -0.1) is 0 Å². The van der Waals surface area contributed by atoms with Crippen LogP contribution in [-0.4, -0.2) is 30.6 Å². The molecule has 0 unspecified atom stereocenters. The van der Waals surface area contributed by atoms with Crippen molar-refractivity contribution in [2.24, 2.45) is 17.6 Å². The molecule has 94 valence electrons. The van der Waals surface area contributed by atoms with Gasteiger partial charge in [-0.1, -0.05) is 6.92 Å². The Balaban J connectivity index is 1.70. The molecule has 2 rings (SSSR count). The normalized spacial score (nSPS) is 30.9. The van der Waals surface area contributed by atoms with Crippen molar-refractivity contribution >= 4 is 0 Å². The summed E-state index contributed by atoms with van der Waals surface area (Å²) >= 11 is 0. The third-order valence-corrected chi connectivity index (χ3v) is 4.16. The van der Waals surface area contributed by atoms with E-state index in [1.807, 2.05) is 0 Å². The highest BCUT2D eigenvalue weighted by atomic mass is 15.1. The van der Waals surface area contributed by atoms with Gasteiger partial charge in [0.25, 0.3) is 0 Å². The molecule has 2 heteroatoms. The summed E-state index contributed by atoms with van der Waals surface area (Å²) in [4.78, 5) is 2.72. The van der Waals surface area contributed by atoms with Crippen molar-refractivity contribution in [3.8, 4) is 0 Å². The fourth-order valence-corrected chi connectivity index (χ4v) is 2.97. The molecule has 2 saturated carbocycles. The highest BCUT2D eigenvalue weighted by molar-refractivity contribution is 4.81. The molecule has 0 amide bonds. The maximum Gasteiger partial charge on any atom is 0.00390 e. The van der Waals surface area contributed by atoms with Crippen molar-refractivity contribution in [1.29, 1.82) is 0 Å². The monoisotopic (exact) mass is 224 g/mol. The summed E-state index contributed by atoms with van der Waals surface area (Å²) < 4.78 is 0. The predicted molar refractivity (Wildman–Crippen MR) is 69.4 cm³/mol. The second kappa shape index (κ2) is 6.02. The average molecular weight is 224 g/mol. The van der Waals surface area contributed by atoms with Gasteiger partial charge in [0.2, 0.25) is 0 Å². The minimum absolute atomic E-state index is 0.499. The lowest BCUT2D eigenvalue weighted by Gasteiger charge is -2.31. The summed E-state index contributed by atoms with van der Waals surface area (Å²) in [7, 11) is 0. The molecule has 0 bridgehead atoms. The van der Waals surface area contributed by atoms with Crippen molar-refractivity contribution in [3.63, 3.8) is 0 Å². The van der Waals surface area contributed by atoms with Crippen molar-refractivity contribution in [2.75, 3.05) is 19.6 Å². The zero-order valence-corrected chi connectivity index (χ0v) is 10.8. The van der Waals surface area contributed by atoms with Crippen molar-refractivity contribution in [1.82, 2.24) is 4.90 Å². The van der Waals surface area contributed by atoms with E-state index in [9.17, 15) is 0 Å². The van der Waals surface area contributed by atoms with Gasteiger partial charge in [0.1, 0.15) is 0 Å². The Bertz CT molecular complexity index is 193. The van der Waals surface area contributed by atoms with Gasteiger partial charge in [0, 0.05) is 19.1 Å². The summed E-state index contributed by atoms with van der Waals surface area (Å²) in [5.41, 5.74) is 5.96. The molecule has 2 fully saturated rings. The van der Waals surface area contributed by atoms with E-state index in [4.69, 9.17) is 5.73 Å². The lowest BCUT2D eigenvalue weighted by Crippen LogP contribution is -2.36. The van der Waals surface area contributed by atoms with E-state index < -0.39 is 0 Å². The second-order valence-corrected chi connectivity index (χ2v) is 5.98. The van der Waals surface area contributed by atoms with Crippen LogP contribution in [0.1, 0.15) is 51.9 Å². The number of nitrogens with two attached hydrogens (primary N) is 1. The van der Waals surface area contributed by atoms with E-state index in [1.54, 1.807) is 0 Å².